The van der Waals surface area contributed by atoms with Gasteiger partial charge in [-0.15, -0.1) is 0 Å². The molecular formula is C19H21F2N. The van der Waals surface area contributed by atoms with Crippen LogP contribution in [0.25, 0.3) is 11.1 Å². The molecule has 2 aromatic rings. The van der Waals surface area contributed by atoms with Crippen LogP contribution in [-0.4, -0.2) is 6.54 Å². The first-order valence-electron chi connectivity index (χ1n) is 7.90. The van der Waals surface area contributed by atoms with Gasteiger partial charge in [-0.1, -0.05) is 43.5 Å². The summed E-state index contributed by atoms with van der Waals surface area (Å²) < 4.78 is 26.7. The lowest BCUT2D eigenvalue weighted by atomic mass is 9.69. The zero-order valence-corrected chi connectivity index (χ0v) is 12.6. The molecule has 0 amide bonds. The van der Waals surface area contributed by atoms with Crippen LogP contribution in [0, 0.1) is 11.6 Å². The summed E-state index contributed by atoms with van der Waals surface area (Å²) in [6, 6.07) is 11.6. The molecule has 0 spiro atoms. The second-order valence-electron chi connectivity index (χ2n) is 6.28. The highest BCUT2D eigenvalue weighted by Crippen LogP contribution is 2.39. The molecule has 2 aromatic carbocycles. The molecule has 1 saturated carbocycles. The molecule has 1 fully saturated rings. The van der Waals surface area contributed by atoms with Gasteiger partial charge in [0.05, 0.1) is 0 Å². The van der Waals surface area contributed by atoms with Crippen molar-refractivity contribution in [3.63, 3.8) is 0 Å². The van der Waals surface area contributed by atoms with E-state index in [1.807, 2.05) is 12.1 Å². The summed E-state index contributed by atoms with van der Waals surface area (Å²) in [6.07, 6.45) is 5.96. The van der Waals surface area contributed by atoms with Crippen molar-refractivity contribution < 1.29 is 8.78 Å². The first-order valence-corrected chi connectivity index (χ1v) is 7.90. The smallest absolute Gasteiger partial charge is 0.126 e. The monoisotopic (exact) mass is 301 g/mol. The van der Waals surface area contributed by atoms with Crippen LogP contribution in [0.4, 0.5) is 8.78 Å². The van der Waals surface area contributed by atoms with E-state index in [-0.39, 0.29) is 5.41 Å². The minimum Gasteiger partial charge on any atom is -0.330 e. The minimum absolute atomic E-state index is 0.0734. The number of hydrogen-bond acceptors (Lipinski definition) is 1. The van der Waals surface area contributed by atoms with E-state index in [0.29, 0.717) is 12.1 Å². The van der Waals surface area contributed by atoms with E-state index in [9.17, 15) is 8.78 Å². The van der Waals surface area contributed by atoms with Gasteiger partial charge in [-0.05, 0) is 41.7 Å². The van der Waals surface area contributed by atoms with Crippen LogP contribution in [-0.2, 0) is 5.41 Å². The number of hydrogen-bond donors (Lipinski definition) is 1. The van der Waals surface area contributed by atoms with Crippen LogP contribution in [0.2, 0.25) is 0 Å². The van der Waals surface area contributed by atoms with E-state index in [1.54, 1.807) is 0 Å². The highest BCUT2D eigenvalue weighted by molar-refractivity contribution is 5.64. The van der Waals surface area contributed by atoms with Gasteiger partial charge in [0.15, 0.2) is 0 Å². The molecule has 1 aliphatic carbocycles. The van der Waals surface area contributed by atoms with Crippen molar-refractivity contribution >= 4 is 0 Å². The van der Waals surface area contributed by atoms with Crippen LogP contribution < -0.4 is 5.73 Å². The summed E-state index contributed by atoms with van der Waals surface area (Å²) in [5.41, 5.74) is 8.77. The van der Waals surface area contributed by atoms with Gasteiger partial charge < -0.3 is 5.73 Å². The molecule has 3 rings (SSSR count). The summed E-state index contributed by atoms with van der Waals surface area (Å²) in [7, 11) is 0. The maximum absolute atomic E-state index is 13.3. The van der Waals surface area contributed by atoms with Gasteiger partial charge in [-0.2, -0.15) is 0 Å². The third kappa shape index (κ3) is 2.91. The van der Waals surface area contributed by atoms with Crippen LogP contribution >= 0.6 is 0 Å². The molecule has 116 valence electrons. The number of halogens is 2. The van der Waals surface area contributed by atoms with Gasteiger partial charge in [0, 0.05) is 18.0 Å². The number of benzene rings is 2. The van der Waals surface area contributed by atoms with Gasteiger partial charge in [-0.3, -0.25) is 0 Å². The number of rotatable bonds is 3. The van der Waals surface area contributed by atoms with Crippen molar-refractivity contribution in [2.45, 2.75) is 37.5 Å². The SMILES string of the molecule is NCC1(c2ccc(-c3cc(F)cc(F)c3)cc2)CCCCC1. The molecule has 2 N–H and O–H groups in total. The highest BCUT2D eigenvalue weighted by Gasteiger charge is 2.32. The summed E-state index contributed by atoms with van der Waals surface area (Å²) in [4.78, 5) is 0. The lowest BCUT2D eigenvalue weighted by Gasteiger charge is -2.37. The van der Waals surface area contributed by atoms with Gasteiger partial charge in [0.1, 0.15) is 11.6 Å². The normalized spacial score (nSPS) is 17.4. The Labute approximate surface area is 130 Å². The average molecular weight is 301 g/mol. The molecule has 0 atom stereocenters. The second kappa shape index (κ2) is 6.17. The first-order chi connectivity index (χ1) is 10.6. The molecule has 1 aliphatic rings. The van der Waals surface area contributed by atoms with Crippen LogP contribution in [0.5, 0.6) is 0 Å². The van der Waals surface area contributed by atoms with Gasteiger partial charge in [-0.25, -0.2) is 8.78 Å². The van der Waals surface area contributed by atoms with Crippen LogP contribution in [0.3, 0.4) is 0 Å². The Hall–Kier alpha value is -1.74. The third-order valence-corrected chi connectivity index (χ3v) is 4.89. The second-order valence-corrected chi connectivity index (χ2v) is 6.28. The molecule has 0 bridgehead atoms. The van der Waals surface area contributed by atoms with Crippen molar-refractivity contribution in [2.75, 3.05) is 6.54 Å². The van der Waals surface area contributed by atoms with Gasteiger partial charge in [0.2, 0.25) is 0 Å². The lowest BCUT2D eigenvalue weighted by molar-refractivity contribution is 0.301. The van der Waals surface area contributed by atoms with Crippen molar-refractivity contribution in [1.29, 1.82) is 0 Å². The summed E-state index contributed by atoms with van der Waals surface area (Å²) in [5.74, 6) is -1.10. The third-order valence-electron chi connectivity index (χ3n) is 4.89. The van der Waals surface area contributed by atoms with E-state index >= 15 is 0 Å². The Morgan fingerprint density at radius 1 is 0.818 bits per heavy atom. The molecule has 3 heteroatoms. The van der Waals surface area contributed by atoms with Crippen molar-refractivity contribution in [3.05, 3.63) is 59.7 Å². The molecule has 0 heterocycles. The van der Waals surface area contributed by atoms with Gasteiger partial charge in [0.25, 0.3) is 0 Å². The quantitative estimate of drug-likeness (QED) is 0.866. The maximum Gasteiger partial charge on any atom is 0.126 e. The summed E-state index contributed by atoms with van der Waals surface area (Å²) >= 11 is 0. The Balaban J connectivity index is 1.92. The summed E-state index contributed by atoms with van der Waals surface area (Å²) in [6.45, 7) is 0.654. The summed E-state index contributed by atoms with van der Waals surface area (Å²) in [5, 5.41) is 0. The predicted octanol–water partition coefficient (Wildman–Crippen LogP) is 4.79. The van der Waals surface area contributed by atoms with Crippen LogP contribution in [0.1, 0.15) is 37.7 Å². The van der Waals surface area contributed by atoms with E-state index in [1.165, 1.54) is 37.0 Å². The molecule has 0 saturated heterocycles. The zero-order chi connectivity index (χ0) is 15.6. The Bertz CT molecular complexity index is 623. The molecule has 0 radical (unpaired) electrons. The highest BCUT2D eigenvalue weighted by atomic mass is 19.1. The van der Waals surface area contributed by atoms with Crippen molar-refractivity contribution in [3.8, 4) is 11.1 Å². The van der Waals surface area contributed by atoms with Crippen molar-refractivity contribution in [2.24, 2.45) is 5.73 Å². The van der Waals surface area contributed by atoms with Gasteiger partial charge >= 0.3 is 0 Å². The maximum atomic E-state index is 13.3. The minimum atomic E-state index is -0.551. The molecule has 22 heavy (non-hydrogen) atoms. The first kappa shape index (κ1) is 15.2. The van der Waals surface area contributed by atoms with Crippen LogP contribution in [0.15, 0.2) is 42.5 Å². The Morgan fingerprint density at radius 3 is 1.95 bits per heavy atom. The van der Waals surface area contributed by atoms with E-state index < -0.39 is 11.6 Å². The largest absolute Gasteiger partial charge is 0.330 e. The fourth-order valence-corrected chi connectivity index (χ4v) is 3.58. The van der Waals surface area contributed by atoms with E-state index in [4.69, 9.17) is 5.73 Å². The zero-order valence-electron chi connectivity index (χ0n) is 12.6. The molecule has 1 nitrogen and oxygen atoms in total. The fraction of sp³-hybridized carbons (Fsp3) is 0.368. The van der Waals surface area contributed by atoms with E-state index in [2.05, 4.69) is 12.1 Å². The lowest BCUT2D eigenvalue weighted by Crippen LogP contribution is -2.37. The number of nitrogens with two attached hydrogens (primary N) is 1. The Kier molecular flexibility index (Phi) is 4.25. The molecule has 0 aromatic heterocycles. The standard InChI is InChI=1S/C19H21F2N/c20-17-10-15(11-18(21)12-17)14-4-6-16(7-5-14)19(13-22)8-2-1-3-9-19/h4-7,10-12H,1-3,8-9,13,22H2. The fourth-order valence-electron chi connectivity index (χ4n) is 3.58. The molecule has 0 aliphatic heterocycles. The predicted molar refractivity (Wildman–Crippen MR) is 85.6 cm³/mol. The molecule has 0 unspecified atom stereocenters. The molecular weight excluding hydrogens is 280 g/mol. The van der Waals surface area contributed by atoms with Crippen molar-refractivity contribution in [1.82, 2.24) is 0 Å². The topological polar surface area (TPSA) is 26.0 Å². The average Bonchev–Trinajstić information content (AvgIpc) is 2.55. The Morgan fingerprint density at radius 2 is 1.41 bits per heavy atom. The van der Waals surface area contributed by atoms with E-state index in [0.717, 1.165) is 24.5 Å².